The summed E-state index contributed by atoms with van der Waals surface area (Å²) >= 11 is 1.18. The highest BCUT2D eigenvalue weighted by Gasteiger charge is 2.33. The predicted octanol–water partition coefficient (Wildman–Crippen LogP) is 0.713. The Morgan fingerprint density at radius 3 is 2.76 bits per heavy atom. The molecule has 0 atom stereocenters. The predicted molar refractivity (Wildman–Crippen MR) is 62.0 cm³/mol. The Labute approximate surface area is 103 Å². The lowest BCUT2D eigenvalue weighted by Gasteiger charge is -2.30. The van der Waals surface area contributed by atoms with Crippen molar-refractivity contribution in [1.29, 1.82) is 0 Å². The molecule has 94 valence electrons. The second-order valence-corrected chi connectivity index (χ2v) is 5.03. The van der Waals surface area contributed by atoms with E-state index in [0.29, 0.717) is 5.16 Å². The Morgan fingerprint density at radius 1 is 1.53 bits per heavy atom. The molecule has 1 aliphatic carbocycles. The number of rotatable bonds is 5. The van der Waals surface area contributed by atoms with Gasteiger partial charge in [0.1, 0.15) is 5.82 Å². The summed E-state index contributed by atoms with van der Waals surface area (Å²) in [4.78, 5) is 10.5. The van der Waals surface area contributed by atoms with Crippen LogP contribution < -0.4 is 0 Å². The molecule has 0 saturated heterocycles. The van der Waals surface area contributed by atoms with Gasteiger partial charge in [-0.25, -0.2) is 0 Å². The van der Waals surface area contributed by atoms with Gasteiger partial charge in [0.15, 0.2) is 5.16 Å². The highest BCUT2D eigenvalue weighted by Crippen LogP contribution is 2.36. The number of carboxylic acids is 1. The van der Waals surface area contributed by atoms with Gasteiger partial charge in [-0.2, -0.15) is 0 Å². The number of carbonyl (C=O) groups is 1. The molecule has 0 radical (unpaired) electrons. The molecule has 1 aliphatic rings. The summed E-state index contributed by atoms with van der Waals surface area (Å²) in [5.41, 5.74) is 0. The third kappa shape index (κ3) is 2.61. The van der Waals surface area contributed by atoms with E-state index in [-0.39, 0.29) is 17.8 Å². The third-order valence-corrected chi connectivity index (χ3v) is 3.82. The van der Waals surface area contributed by atoms with E-state index in [1.807, 2.05) is 11.5 Å². The molecule has 0 spiro atoms. The lowest BCUT2D eigenvalue weighted by molar-refractivity contribution is -0.133. The maximum atomic E-state index is 10.5. The number of aliphatic hydroxyl groups excluding tert-OH is 1. The molecule has 0 aromatic carbocycles. The quantitative estimate of drug-likeness (QED) is 0.755. The van der Waals surface area contributed by atoms with Gasteiger partial charge in [-0.3, -0.25) is 4.79 Å². The van der Waals surface area contributed by atoms with Crippen molar-refractivity contribution in [3.63, 3.8) is 0 Å². The van der Waals surface area contributed by atoms with Gasteiger partial charge in [-0.1, -0.05) is 11.8 Å². The number of aliphatic carboxylic acids is 1. The fourth-order valence-electron chi connectivity index (χ4n) is 1.93. The van der Waals surface area contributed by atoms with E-state index in [1.165, 1.54) is 11.8 Å². The first-order valence-electron chi connectivity index (χ1n) is 5.57. The average Bonchev–Trinajstić information content (AvgIpc) is 2.64. The molecule has 1 aromatic heterocycles. The zero-order valence-corrected chi connectivity index (χ0v) is 10.4. The molecule has 0 amide bonds. The van der Waals surface area contributed by atoms with E-state index in [4.69, 9.17) is 5.11 Å². The molecule has 7 heteroatoms. The first-order chi connectivity index (χ1) is 8.11. The second-order valence-electron chi connectivity index (χ2n) is 4.09. The molecule has 1 heterocycles. The van der Waals surface area contributed by atoms with Crippen LogP contribution in [0, 0.1) is 0 Å². The van der Waals surface area contributed by atoms with Crippen LogP contribution in [0.4, 0.5) is 0 Å². The van der Waals surface area contributed by atoms with E-state index in [1.54, 1.807) is 0 Å². The van der Waals surface area contributed by atoms with E-state index in [0.717, 1.165) is 25.2 Å². The van der Waals surface area contributed by atoms with Crippen molar-refractivity contribution in [2.75, 3.05) is 5.75 Å². The monoisotopic (exact) mass is 257 g/mol. The first-order valence-corrected chi connectivity index (χ1v) is 6.56. The molecule has 0 unspecified atom stereocenters. The van der Waals surface area contributed by atoms with Gasteiger partial charge in [0.25, 0.3) is 0 Å². The van der Waals surface area contributed by atoms with Crippen LogP contribution in [0.5, 0.6) is 0 Å². The first kappa shape index (κ1) is 12.4. The van der Waals surface area contributed by atoms with Crippen molar-refractivity contribution < 1.29 is 15.0 Å². The molecule has 17 heavy (non-hydrogen) atoms. The van der Waals surface area contributed by atoms with Gasteiger partial charge >= 0.3 is 5.97 Å². The summed E-state index contributed by atoms with van der Waals surface area (Å²) in [6.45, 7) is 2.70. The summed E-state index contributed by atoms with van der Waals surface area (Å²) in [6.07, 6.45) is 1.22. The lowest BCUT2D eigenvalue weighted by atomic mass is 9.82. The van der Waals surface area contributed by atoms with E-state index in [9.17, 15) is 9.90 Å². The average molecular weight is 257 g/mol. The van der Waals surface area contributed by atoms with Crippen molar-refractivity contribution in [1.82, 2.24) is 14.8 Å². The van der Waals surface area contributed by atoms with Gasteiger partial charge in [0.2, 0.25) is 0 Å². The van der Waals surface area contributed by atoms with E-state index >= 15 is 0 Å². The molecule has 0 aliphatic heterocycles. The summed E-state index contributed by atoms with van der Waals surface area (Å²) in [7, 11) is 0. The van der Waals surface area contributed by atoms with Gasteiger partial charge in [-0.15, -0.1) is 10.2 Å². The minimum atomic E-state index is -0.860. The van der Waals surface area contributed by atoms with Crippen LogP contribution in [0.3, 0.4) is 0 Å². The van der Waals surface area contributed by atoms with Gasteiger partial charge in [0, 0.05) is 12.5 Å². The minimum absolute atomic E-state index is 0.00851. The Balaban J connectivity index is 2.09. The number of aromatic nitrogens is 3. The molecule has 1 fully saturated rings. The molecule has 1 aromatic rings. The van der Waals surface area contributed by atoms with Crippen LogP contribution in [-0.2, 0) is 11.3 Å². The largest absolute Gasteiger partial charge is 0.481 e. The number of hydrogen-bond donors (Lipinski definition) is 2. The number of aliphatic hydroxyl groups is 1. The van der Waals surface area contributed by atoms with Gasteiger partial charge < -0.3 is 14.8 Å². The van der Waals surface area contributed by atoms with Crippen LogP contribution in [0.15, 0.2) is 5.16 Å². The van der Waals surface area contributed by atoms with Gasteiger partial charge in [-0.05, 0) is 19.8 Å². The fourth-order valence-corrected chi connectivity index (χ4v) is 2.66. The number of hydrogen-bond acceptors (Lipinski definition) is 5. The number of thioether (sulfide) groups is 1. The number of carboxylic acid groups (broad SMARTS) is 1. The van der Waals surface area contributed by atoms with Crippen LogP contribution in [-0.4, -0.2) is 42.8 Å². The lowest BCUT2D eigenvalue weighted by Crippen LogP contribution is -2.28. The third-order valence-electron chi connectivity index (χ3n) is 2.86. The molecule has 6 nitrogen and oxygen atoms in total. The Hall–Kier alpha value is -1.08. The van der Waals surface area contributed by atoms with Crippen LogP contribution in [0.2, 0.25) is 0 Å². The van der Waals surface area contributed by atoms with Crippen molar-refractivity contribution in [3.05, 3.63) is 5.82 Å². The van der Waals surface area contributed by atoms with Crippen molar-refractivity contribution in [3.8, 4) is 0 Å². The topological polar surface area (TPSA) is 88.2 Å². The maximum Gasteiger partial charge on any atom is 0.313 e. The molecule has 2 N–H and O–H groups in total. The molecule has 2 rings (SSSR count). The SMILES string of the molecule is CCn1c(SCC(=O)O)nnc1C1CC(O)C1. The van der Waals surface area contributed by atoms with E-state index < -0.39 is 5.97 Å². The minimum Gasteiger partial charge on any atom is -0.481 e. The van der Waals surface area contributed by atoms with Crippen LogP contribution >= 0.6 is 11.8 Å². The molecular weight excluding hydrogens is 242 g/mol. The van der Waals surface area contributed by atoms with E-state index in [2.05, 4.69) is 10.2 Å². The summed E-state index contributed by atoms with van der Waals surface area (Å²) in [6, 6.07) is 0. The summed E-state index contributed by atoms with van der Waals surface area (Å²) in [5, 5.41) is 26.7. The van der Waals surface area contributed by atoms with Gasteiger partial charge in [0.05, 0.1) is 11.9 Å². The summed E-state index contributed by atoms with van der Waals surface area (Å²) in [5.74, 6) is 0.259. The zero-order chi connectivity index (χ0) is 12.4. The Kier molecular flexibility index (Phi) is 3.68. The zero-order valence-electron chi connectivity index (χ0n) is 9.54. The smallest absolute Gasteiger partial charge is 0.313 e. The highest BCUT2D eigenvalue weighted by molar-refractivity contribution is 7.99. The maximum absolute atomic E-state index is 10.5. The van der Waals surface area contributed by atoms with Crippen molar-refractivity contribution >= 4 is 17.7 Å². The summed E-state index contributed by atoms with van der Waals surface area (Å²) < 4.78 is 1.93. The number of nitrogens with zero attached hydrogens (tertiary/aromatic N) is 3. The Morgan fingerprint density at radius 2 is 2.24 bits per heavy atom. The molecular formula is C10H15N3O3S. The Bertz CT molecular complexity index is 415. The standard InChI is InChI=1S/C10H15N3O3S/c1-2-13-9(6-3-7(14)4-6)11-12-10(13)17-5-8(15)16/h6-7,14H,2-5H2,1H3,(H,15,16). The molecule has 1 saturated carbocycles. The van der Waals surface area contributed by atoms with Crippen molar-refractivity contribution in [2.45, 2.75) is 43.5 Å². The normalized spacial score (nSPS) is 23.4. The van der Waals surface area contributed by atoms with Crippen LogP contribution in [0.25, 0.3) is 0 Å². The van der Waals surface area contributed by atoms with Crippen molar-refractivity contribution in [2.24, 2.45) is 0 Å². The highest BCUT2D eigenvalue weighted by atomic mass is 32.2. The fraction of sp³-hybridized carbons (Fsp3) is 0.700. The second kappa shape index (κ2) is 5.05. The van der Waals surface area contributed by atoms with Crippen LogP contribution in [0.1, 0.15) is 31.5 Å². The molecule has 0 bridgehead atoms.